The van der Waals surface area contributed by atoms with Crippen molar-refractivity contribution < 1.29 is 19.1 Å². The molecule has 0 radical (unpaired) electrons. The van der Waals surface area contributed by atoms with E-state index in [1.54, 1.807) is 12.1 Å². The predicted octanol–water partition coefficient (Wildman–Crippen LogP) is 4.77. The Kier molecular flexibility index (Phi) is 7.17. The monoisotopic (exact) mass is 449 g/mol. The van der Waals surface area contributed by atoms with Crippen LogP contribution in [-0.2, 0) is 11.2 Å². The number of rotatable bonds is 8. The number of likely N-dealkylation sites (tertiary alicyclic amines) is 1. The van der Waals surface area contributed by atoms with Crippen molar-refractivity contribution in [3.8, 4) is 11.5 Å². The number of para-hydroxylation sites is 1. The second-order valence-electron chi connectivity index (χ2n) is 8.37. The Labute approximate surface area is 194 Å². The number of ether oxygens (including phenoxy) is 2. The summed E-state index contributed by atoms with van der Waals surface area (Å²) in [4.78, 5) is 31.1. The number of carbonyl (C=O) groups excluding carboxylic acids is 2. The van der Waals surface area contributed by atoms with Crippen molar-refractivity contribution in [2.45, 2.75) is 38.5 Å². The molecule has 1 fully saturated rings. The van der Waals surface area contributed by atoms with Crippen LogP contribution in [0, 0.1) is 0 Å². The Hall–Kier alpha value is -3.48. The van der Waals surface area contributed by atoms with E-state index in [0.29, 0.717) is 35.6 Å². The Morgan fingerprint density at radius 1 is 1.03 bits per heavy atom. The lowest BCUT2D eigenvalue weighted by Crippen LogP contribution is -2.36. The molecule has 4 rings (SSSR count). The molecule has 0 spiro atoms. The molecule has 0 bridgehead atoms. The number of aromatic nitrogens is 1. The third-order valence-corrected chi connectivity index (χ3v) is 6.20. The highest BCUT2D eigenvalue weighted by atomic mass is 16.5. The Morgan fingerprint density at radius 2 is 1.76 bits per heavy atom. The molecule has 2 aromatic carbocycles. The molecule has 0 unspecified atom stereocenters. The van der Waals surface area contributed by atoms with Gasteiger partial charge in [0.15, 0.2) is 11.5 Å². The van der Waals surface area contributed by atoms with Gasteiger partial charge in [-0.1, -0.05) is 18.2 Å². The van der Waals surface area contributed by atoms with Gasteiger partial charge in [0.05, 0.1) is 25.5 Å². The van der Waals surface area contributed by atoms with Gasteiger partial charge in [-0.2, -0.15) is 0 Å². The van der Waals surface area contributed by atoms with Gasteiger partial charge in [0.2, 0.25) is 5.91 Å². The molecule has 33 heavy (non-hydrogen) atoms. The second kappa shape index (κ2) is 10.4. The number of aryl methyl sites for hydroxylation is 1. The fraction of sp³-hybridized carbons (Fsp3) is 0.385. The van der Waals surface area contributed by atoms with E-state index < -0.39 is 0 Å². The molecule has 7 nitrogen and oxygen atoms in total. The molecule has 1 saturated heterocycles. The summed E-state index contributed by atoms with van der Waals surface area (Å²) in [6.07, 6.45) is 6.98. The molecule has 1 aliphatic rings. The van der Waals surface area contributed by atoms with Crippen molar-refractivity contribution in [3.63, 3.8) is 0 Å². The number of H-pyrrole nitrogens is 1. The van der Waals surface area contributed by atoms with E-state index in [1.165, 1.54) is 25.2 Å². The molecule has 0 atom stereocenters. The van der Waals surface area contributed by atoms with E-state index in [-0.39, 0.29) is 11.8 Å². The van der Waals surface area contributed by atoms with Gasteiger partial charge in [-0.3, -0.25) is 9.59 Å². The Morgan fingerprint density at radius 3 is 2.52 bits per heavy atom. The molecule has 1 aromatic heterocycles. The summed E-state index contributed by atoms with van der Waals surface area (Å²) in [5.74, 6) is 0.719. The molecule has 174 valence electrons. The first-order chi connectivity index (χ1) is 16.1. The fourth-order valence-electron chi connectivity index (χ4n) is 4.42. The van der Waals surface area contributed by atoms with Crippen molar-refractivity contribution in [1.82, 2.24) is 9.88 Å². The zero-order chi connectivity index (χ0) is 23.2. The molecule has 3 aromatic rings. The number of carbonyl (C=O) groups is 2. The van der Waals surface area contributed by atoms with Crippen LogP contribution in [0.3, 0.4) is 0 Å². The average molecular weight is 450 g/mol. The summed E-state index contributed by atoms with van der Waals surface area (Å²) in [5, 5.41) is 4.13. The summed E-state index contributed by atoms with van der Waals surface area (Å²) >= 11 is 0. The number of fused-ring (bicyclic) bond motifs is 1. The van der Waals surface area contributed by atoms with Gasteiger partial charge in [0.1, 0.15) is 0 Å². The zero-order valence-corrected chi connectivity index (χ0v) is 19.3. The maximum absolute atomic E-state index is 13.2. The van der Waals surface area contributed by atoms with Crippen LogP contribution in [-0.4, -0.2) is 49.0 Å². The van der Waals surface area contributed by atoms with Crippen LogP contribution in [0.1, 0.15) is 48.0 Å². The van der Waals surface area contributed by atoms with Crippen LogP contribution in [0.5, 0.6) is 11.5 Å². The topological polar surface area (TPSA) is 83.7 Å². The van der Waals surface area contributed by atoms with E-state index in [0.717, 1.165) is 44.3 Å². The minimum Gasteiger partial charge on any atom is -0.493 e. The first-order valence-corrected chi connectivity index (χ1v) is 11.5. The van der Waals surface area contributed by atoms with Crippen LogP contribution >= 0.6 is 0 Å². The van der Waals surface area contributed by atoms with Gasteiger partial charge in [-0.05, 0) is 49.8 Å². The van der Waals surface area contributed by atoms with Gasteiger partial charge >= 0.3 is 0 Å². The Bertz CT molecular complexity index is 1130. The third kappa shape index (κ3) is 5.13. The molecular formula is C26H31N3O4. The number of hydrogen-bond acceptors (Lipinski definition) is 4. The molecule has 2 amide bonds. The highest BCUT2D eigenvalue weighted by Crippen LogP contribution is 2.34. The lowest BCUT2D eigenvalue weighted by Gasteiger charge is -2.28. The quantitative estimate of drug-likeness (QED) is 0.519. The fourth-order valence-corrected chi connectivity index (χ4v) is 4.42. The average Bonchev–Trinajstić information content (AvgIpc) is 3.27. The minimum absolute atomic E-state index is 0.0928. The first kappa shape index (κ1) is 22.7. The summed E-state index contributed by atoms with van der Waals surface area (Å²) in [6.45, 7) is 1.45. The summed E-state index contributed by atoms with van der Waals surface area (Å²) in [6, 6.07) is 11.5. The number of methoxy groups -OCH3 is 2. The maximum atomic E-state index is 13.2. The minimum atomic E-state index is -0.130. The van der Waals surface area contributed by atoms with Crippen molar-refractivity contribution in [3.05, 3.63) is 53.7 Å². The van der Waals surface area contributed by atoms with Crippen molar-refractivity contribution in [1.29, 1.82) is 0 Å². The number of amides is 2. The summed E-state index contributed by atoms with van der Waals surface area (Å²) in [7, 11) is 3.08. The van der Waals surface area contributed by atoms with Crippen LogP contribution in [0.4, 0.5) is 5.69 Å². The van der Waals surface area contributed by atoms with Crippen LogP contribution in [0.15, 0.2) is 42.6 Å². The van der Waals surface area contributed by atoms with Gasteiger partial charge in [-0.25, -0.2) is 0 Å². The maximum Gasteiger partial charge on any atom is 0.256 e. The van der Waals surface area contributed by atoms with Crippen molar-refractivity contribution >= 4 is 28.4 Å². The number of nitrogens with one attached hydrogen (secondary N) is 2. The van der Waals surface area contributed by atoms with E-state index in [1.807, 2.05) is 29.3 Å². The number of aromatic amines is 1. The van der Waals surface area contributed by atoms with Crippen molar-refractivity contribution in [2.75, 3.05) is 32.6 Å². The Balaban J connectivity index is 1.47. The molecule has 1 aliphatic heterocycles. The normalized spacial score (nSPS) is 13.7. The van der Waals surface area contributed by atoms with E-state index in [4.69, 9.17) is 9.47 Å². The number of benzene rings is 2. The molecule has 0 saturated carbocycles. The van der Waals surface area contributed by atoms with Gasteiger partial charge < -0.3 is 24.7 Å². The SMILES string of the molecule is COc1cc(NC(=O)CCCc2c[nH]c3ccccc23)c(C(=O)N2CCCCC2)cc1OC. The number of anilines is 1. The highest BCUT2D eigenvalue weighted by Gasteiger charge is 2.24. The van der Waals surface area contributed by atoms with Crippen molar-refractivity contribution in [2.24, 2.45) is 0 Å². The van der Waals surface area contributed by atoms with Gasteiger partial charge in [-0.15, -0.1) is 0 Å². The van der Waals surface area contributed by atoms with Crippen LogP contribution in [0.2, 0.25) is 0 Å². The molecule has 2 N–H and O–H groups in total. The van der Waals surface area contributed by atoms with Gasteiger partial charge in [0, 0.05) is 42.7 Å². The summed E-state index contributed by atoms with van der Waals surface area (Å²) < 4.78 is 10.8. The van der Waals surface area contributed by atoms with Crippen LogP contribution < -0.4 is 14.8 Å². The van der Waals surface area contributed by atoms with E-state index >= 15 is 0 Å². The molecule has 2 heterocycles. The standard InChI is InChI=1S/C26H31N3O4/c1-32-23-15-20(26(31)29-13-6-3-7-14-29)22(16-24(23)33-2)28-25(30)12-8-9-18-17-27-21-11-5-4-10-19(18)21/h4-5,10-11,15-17,27H,3,6-9,12-14H2,1-2H3,(H,28,30). The van der Waals surface area contributed by atoms with E-state index in [2.05, 4.69) is 16.4 Å². The zero-order valence-electron chi connectivity index (χ0n) is 19.3. The number of hydrogen-bond donors (Lipinski definition) is 2. The molecule has 7 heteroatoms. The molecule has 0 aliphatic carbocycles. The lowest BCUT2D eigenvalue weighted by molar-refractivity contribution is -0.116. The largest absolute Gasteiger partial charge is 0.493 e. The third-order valence-electron chi connectivity index (χ3n) is 6.20. The first-order valence-electron chi connectivity index (χ1n) is 11.5. The lowest BCUT2D eigenvalue weighted by atomic mass is 10.1. The smallest absolute Gasteiger partial charge is 0.256 e. The highest BCUT2D eigenvalue weighted by molar-refractivity contribution is 6.04. The van der Waals surface area contributed by atoms with Gasteiger partial charge in [0.25, 0.3) is 5.91 Å². The van der Waals surface area contributed by atoms with Crippen LogP contribution in [0.25, 0.3) is 10.9 Å². The second-order valence-corrected chi connectivity index (χ2v) is 8.37. The number of nitrogens with zero attached hydrogens (tertiary/aromatic N) is 1. The number of piperidine rings is 1. The predicted molar refractivity (Wildman–Crippen MR) is 129 cm³/mol. The molecular weight excluding hydrogens is 418 g/mol. The summed E-state index contributed by atoms with van der Waals surface area (Å²) in [5.41, 5.74) is 3.19. The van der Waals surface area contributed by atoms with E-state index in [9.17, 15) is 9.59 Å².